The summed E-state index contributed by atoms with van der Waals surface area (Å²) in [6.07, 6.45) is 1.14. The molecule has 0 heterocycles. The molecule has 2 amide bonds. The molecular formula is C16H19ClN2O5. The van der Waals surface area contributed by atoms with Crippen LogP contribution in [0.15, 0.2) is 18.2 Å². The molecular weight excluding hydrogens is 336 g/mol. The van der Waals surface area contributed by atoms with Crippen molar-refractivity contribution in [3.63, 3.8) is 0 Å². The van der Waals surface area contributed by atoms with E-state index in [2.05, 4.69) is 10.6 Å². The Morgan fingerprint density at radius 1 is 1.29 bits per heavy atom. The monoisotopic (exact) mass is 354 g/mol. The molecule has 3 N–H and O–H groups in total. The van der Waals surface area contributed by atoms with Crippen molar-refractivity contribution in [2.75, 3.05) is 19.0 Å². The lowest BCUT2D eigenvalue weighted by Crippen LogP contribution is -2.44. The van der Waals surface area contributed by atoms with Gasteiger partial charge in [-0.2, -0.15) is 0 Å². The van der Waals surface area contributed by atoms with E-state index in [4.69, 9.17) is 21.4 Å². The highest BCUT2D eigenvalue weighted by Gasteiger charge is 2.41. The minimum atomic E-state index is -0.952. The minimum Gasteiger partial charge on any atom is -0.495 e. The van der Waals surface area contributed by atoms with Crippen LogP contribution in [0.2, 0.25) is 5.02 Å². The van der Waals surface area contributed by atoms with Crippen molar-refractivity contribution in [1.82, 2.24) is 5.32 Å². The van der Waals surface area contributed by atoms with Crippen LogP contribution >= 0.6 is 11.6 Å². The number of amides is 2. The summed E-state index contributed by atoms with van der Waals surface area (Å²) in [5.41, 5.74) is 0.450. The Balaban J connectivity index is 1.79. The Morgan fingerprint density at radius 3 is 2.58 bits per heavy atom. The quantitative estimate of drug-likeness (QED) is 0.693. The zero-order valence-electron chi connectivity index (χ0n) is 13.2. The van der Waals surface area contributed by atoms with Crippen LogP contribution in [0.3, 0.4) is 0 Å². The number of methoxy groups -OCH3 is 1. The maximum absolute atomic E-state index is 11.9. The predicted molar refractivity (Wildman–Crippen MR) is 88.1 cm³/mol. The summed E-state index contributed by atoms with van der Waals surface area (Å²) in [7, 11) is 1.48. The van der Waals surface area contributed by atoms with E-state index in [-0.39, 0.29) is 24.8 Å². The molecule has 0 aliphatic heterocycles. The number of carbonyl (C=O) groups is 3. The number of rotatable bonds is 7. The van der Waals surface area contributed by atoms with Gasteiger partial charge in [0, 0.05) is 18.0 Å². The number of hydrogen-bond acceptors (Lipinski definition) is 4. The number of carbonyl (C=O) groups excluding carboxylic acids is 2. The van der Waals surface area contributed by atoms with Crippen LogP contribution in [0.25, 0.3) is 0 Å². The van der Waals surface area contributed by atoms with Gasteiger partial charge in [0.25, 0.3) is 0 Å². The zero-order valence-corrected chi connectivity index (χ0v) is 13.9. The fraction of sp³-hybridized carbons (Fsp3) is 0.438. The van der Waals surface area contributed by atoms with Crippen molar-refractivity contribution in [3.8, 4) is 5.75 Å². The van der Waals surface area contributed by atoms with Crippen molar-refractivity contribution < 1.29 is 24.2 Å². The van der Waals surface area contributed by atoms with E-state index in [1.54, 1.807) is 18.2 Å². The largest absolute Gasteiger partial charge is 0.495 e. The molecule has 8 heteroatoms. The molecule has 1 aromatic carbocycles. The lowest BCUT2D eigenvalue weighted by Gasteiger charge is -2.31. The Kier molecular flexibility index (Phi) is 6.03. The molecule has 1 aliphatic carbocycles. The number of halogens is 1. The van der Waals surface area contributed by atoms with E-state index in [0.717, 1.165) is 0 Å². The van der Waals surface area contributed by atoms with E-state index < -0.39 is 17.8 Å². The second-order valence-electron chi connectivity index (χ2n) is 5.56. The van der Waals surface area contributed by atoms with Gasteiger partial charge in [-0.15, -0.1) is 0 Å². The first-order chi connectivity index (χ1) is 11.4. The van der Waals surface area contributed by atoms with Crippen molar-refractivity contribution >= 4 is 35.1 Å². The summed E-state index contributed by atoms with van der Waals surface area (Å²) in [5.74, 6) is -2.21. The third kappa shape index (κ3) is 4.38. The van der Waals surface area contributed by atoms with E-state index in [1.165, 1.54) is 7.11 Å². The topological polar surface area (TPSA) is 105 Å². The second kappa shape index (κ2) is 8.01. The van der Waals surface area contributed by atoms with E-state index >= 15 is 0 Å². The van der Waals surface area contributed by atoms with Crippen LogP contribution in [0.1, 0.15) is 19.3 Å². The number of nitrogens with one attached hydrogen (secondary N) is 2. The number of anilines is 1. The molecule has 7 nitrogen and oxygen atoms in total. The van der Waals surface area contributed by atoms with Crippen LogP contribution in [0, 0.1) is 11.8 Å². The summed E-state index contributed by atoms with van der Waals surface area (Å²) in [6.45, 7) is 0.135. The molecule has 1 saturated carbocycles. The van der Waals surface area contributed by atoms with Gasteiger partial charge in [0.15, 0.2) is 0 Å². The summed E-state index contributed by atoms with van der Waals surface area (Å²) in [6, 6.07) is 4.86. The lowest BCUT2D eigenvalue weighted by molar-refractivity contribution is -0.152. The van der Waals surface area contributed by atoms with Gasteiger partial charge in [0.2, 0.25) is 11.8 Å². The van der Waals surface area contributed by atoms with Gasteiger partial charge in [-0.1, -0.05) is 11.6 Å². The van der Waals surface area contributed by atoms with Crippen molar-refractivity contribution in [2.45, 2.75) is 19.3 Å². The lowest BCUT2D eigenvalue weighted by atomic mass is 9.73. The normalized spacial score (nSPS) is 19.1. The SMILES string of the molecule is COc1ccc(Cl)cc1NC(=O)CCNC(=O)C1CCC1C(=O)O. The maximum Gasteiger partial charge on any atom is 0.307 e. The Morgan fingerprint density at radius 2 is 2.00 bits per heavy atom. The number of carboxylic acid groups (broad SMARTS) is 1. The number of aliphatic carboxylic acids is 1. The molecule has 0 saturated heterocycles. The highest BCUT2D eigenvalue weighted by molar-refractivity contribution is 6.31. The van der Waals surface area contributed by atoms with Crippen molar-refractivity contribution in [3.05, 3.63) is 23.2 Å². The zero-order chi connectivity index (χ0) is 17.7. The van der Waals surface area contributed by atoms with Crippen LogP contribution in [0.5, 0.6) is 5.75 Å². The molecule has 24 heavy (non-hydrogen) atoms. The number of hydrogen-bond donors (Lipinski definition) is 3. The van der Waals surface area contributed by atoms with Gasteiger partial charge in [-0.25, -0.2) is 0 Å². The summed E-state index contributed by atoms with van der Waals surface area (Å²) < 4.78 is 5.13. The highest BCUT2D eigenvalue weighted by Crippen LogP contribution is 2.34. The van der Waals surface area contributed by atoms with Gasteiger partial charge >= 0.3 is 5.97 Å². The van der Waals surface area contributed by atoms with Gasteiger partial charge in [-0.3, -0.25) is 14.4 Å². The Hall–Kier alpha value is -2.28. The van der Waals surface area contributed by atoms with Gasteiger partial charge in [0.1, 0.15) is 5.75 Å². The first kappa shape index (κ1) is 18.1. The number of ether oxygens (including phenoxy) is 1. The van der Waals surface area contributed by atoms with Crippen LogP contribution < -0.4 is 15.4 Å². The highest BCUT2D eigenvalue weighted by atomic mass is 35.5. The van der Waals surface area contributed by atoms with Crippen LogP contribution in [-0.2, 0) is 14.4 Å². The predicted octanol–water partition coefficient (Wildman–Crippen LogP) is 1.90. The third-order valence-electron chi connectivity index (χ3n) is 4.02. The molecule has 130 valence electrons. The fourth-order valence-corrected chi connectivity index (χ4v) is 2.70. The van der Waals surface area contributed by atoms with Gasteiger partial charge in [0.05, 0.1) is 24.6 Å². The summed E-state index contributed by atoms with van der Waals surface area (Å²) >= 11 is 5.89. The summed E-state index contributed by atoms with van der Waals surface area (Å²) in [4.78, 5) is 34.7. The van der Waals surface area contributed by atoms with Gasteiger partial charge < -0.3 is 20.5 Å². The molecule has 1 aliphatic rings. The van der Waals surface area contributed by atoms with Crippen molar-refractivity contribution in [2.24, 2.45) is 11.8 Å². The minimum absolute atomic E-state index is 0.0614. The van der Waals surface area contributed by atoms with Crippen LogP contribution in [-0.4, -0.2) is 36.5 Å². The molecule has 2 atom stereocenters. The molecule has 1 fully saturated rings. The number of carboxylic acids is 1. The third-order valence-corrected chi connectivity index (χ3v) is 4.25. The molecule has 2 unspecified atom stereocenters. The summed E-state index contributed by atoms with van der Waals surface area (Å²) in [5, 5.41) is 14.7. The average molecular weight is 355 g/mol. The van der Waals surface area contributed by atoms with E-state index in [9.17, 15) is 14.4 Å². The first-order valence-electron chi connectivity index (χ1n) is 7.56. The Labute approximate surface area is 144 Å². The maximum atomic E-state index is 11.9. The van der Waals surface area contributed by atoms with Crippen LogP contribution in [0.4, 0.5) is 5.69 Å². The molecule has 0 radical (unpaired) electrons. The molecule has 2 rings (SSSR count). The molecule has 1 aromatic rings. The van der Waals surface area contributed by atoms with Crippen molar-refractivity contribution in [1.29, 1.82) is 0 Å². The fourth-order valence-electron chi connectivity index (χ4n) is 2.53. The average Bonchev–Trinajstić information content (AvgIpc) is 2.45. The van der Waals surface area contributed by atoms with E-state index in [1.807, 2.05) is 0 Å². The standard InChI is InChI=1S/C16H19ClN2O5/c1-24-13-5-2-9(17)8-12(13)19-14(20)6-7-18-15(21)10-3-4-11(10)16(22)23/h2,5,8,10-11H,3-4,6-7H2,1H3,(H,18,21)(H,19,20)(H,22,23). The van der Waals surface area contributed by atoms with Gasteiger partial charge in [-0.05, 0) is 31.0 Å². The Bertz CT molecular complexity index is 649. The second-order valence-corrected chi connectivity index (χ2v) is 6.00. The first-order valence-corrected chi connectivity index (χ1v) is 7.94. The molecule has 0 aromatic heterocycles. The molecule has 0 spiro atoms. The molecule has 0 bridgehead atoms. The smallest absolute Gasteiger partial charge is 0.307 e. The number of benzene rings is 1. The van der Waals surface area contributed by atoms with E-state index in [0.29, 0.717) is 29.3 Å².